The summed E-state index contributed by atoms with van der Waals surface area (Å²) >= 11 is 0. The Kier molecular flexibility index (Phi) is 8.87. The number of amides is 1. The van der Waals surface area contributed by atoms with Crippen LogP contribution in [0.2, 0.25) is 0 Å². The van der Waals surface area contributed by atoms with E-state index in [9.17, 15) is 29.7 Å². The van der Waals surface area contributed by atoms with Crippen LogP contribution in [0.25, 0.3) is 0 Å². The van der Waals surface area contributed by atoms with Crippen LogP contribution in [0.3, 0.4) is 0 Å². The molecular formula is C20H29N2O9+. The highest BCUT2D eigenvalue weighted by Crippen LogP contribution is 2.26. The number of rotatable bonds is 10. The molecule has 2 heterocycles. The van der Waals surface area contributed by atoms with Gasteiger partial charge in [0.2, 0.25) is 0 Å². The number of carbonyl (C=O) groups is 3. The Hall–Kier alpha value is -2.60. The fourth-order valence-electron chi connectivity index (χ4n) is 3.10. The van der Waals surface area contributed by atoms with Gasteiger partial charge in [-0.15, -0.1) is 0 Å². The van der Waals surface area contributed by atoms with E-state index >= 15 is 0 Å². The Labute approximate surface area is 179 Å². The van der Waals surface area contributed by atoms with Crippen LogP contribution in [0.5, 0.6) is 0 Å². The summed E-state index contributed by atoms with van der Waals surface area (Å²) < 4.78 is 17.0. The van der Waals surface area contributed by atoms with Crippen molar-refractivity contribution in [2.24, 2.45) is 5.73 Å². The topological polar surface area (TPSA) is 169 Å². The molecule has 0 spiro atoms. The summed E-state index contributed by atoms with van der Waals surface area (Å²) in [5, 5.41) is 30.4. The van der Waals surface area contributed by atoms with Crippen LogP contribution < -0.4 is 10.3 Å². The first-order valence-corrected chi connectivity index (χ1v) is 10.0. The number of hydrogen-bond acceptors (Lipinski definition) is 9. The number of esters is 2. The maximum absolute atomic E-state index is 12.0. The van der Waals surface area contributed by atoms with Crippen LogP contribution in [-0.4, -0.2) is 70.3 Å². The first-order chi connectivity index (χ1) is 14.7. The second kappa shape index (κ2) is 11.1. The van der Waals surface area contributed by atoms with E-state index in [1.807, 2.05) is 13.8 Å². The van der Waals surface area contributed by atoms with Gasteiger partial charge in [0.15, 0.2) is 24.6 Å². The molecule has 0 saturated carbocycles. The van der Waals surface area contributed by atoms with Gasteiger partial charge in [0.25, 0.3) is 12.1 Å². The van der Waals surface area contributed by atoms with Crippen LogP contribution in [0, 0.1) is 0 Å². The Morgan fingerprint density at radius 1 is 1.23 bits per heavy atom. The lowest BCUT2D eigenvalue weighted by Crippen LogP contribution is -2.46. The second-order valence-corrected chi connectivity index (χ2v) is 7.23. The van der Waals surface area contributed by atoms with Crippen molar-refractivity contribution in [2.75, 3.05) is 6.61 Å². The Balaban J connectivity index is 1.90. The van der Waals surface area contributed by atoms with Crippen LogP contribution in [-0.2, 0) is 23.8 Å². The van der Waals surface area contributed by atoms with Gasteiger partial charge < -0.3 is 35.3 Å². The van der Waals surface area contributed by atoms with Gasteiger partial charge >= 0.3 is 11.9 Å². The molecule has 1 aliphatic rings. The van der Waals surface area contributed by atoms with E-state index in [-0.39, 0.29) is 11.7 Å². The third-order valence-corrected chi connectivity index (χ3v) is 4.97. The summed E-state index contributed by atoms with van der Waals surface area (Å²) in [6.07, 6.45) is -3.43. The Morgan fingerprint density at radius 2 is 1.90 bits per heavy atom. The fourth-order valence-corrected chi connectivity index (χ4v) is 3.10. The van der Waals surface area contributed by atoms with E-state index in [1.54, 1.807) is 0 Å². The number of primary amides is 1. The van der Waals surface area contributed by atoms with E-state index in [0.717, 1.165) is 0 Å². The highest BCUT2D eigenvalue weighted by atomic mass is 16.6. The van der Waals surface area contributed by atoms with Gasteiger partial charge in [-0.25, -0.2) is 4.79 Å². The van der Waals surface area contributed by atoms with Gasteiger partial charge in [-0.05, 0) is 18.9 Å². The monoisotopic (exact) mass is 441 g/mol. The van der Waals surface area contributed by atoms with Crippen molar-refractivity contribution in [2.45, 2.75) is 69.9 Å². The molecule has 1 aromatic rings. The number of nitrogens with two attached hydrogens (primary N) is 1. The second-order valence-electron chi connectivity index (χ2n) is 7.23. The van der Waals surface area contributed by atoms with Gasteiger partial charge in [0.1, 0.15) is 30.5 Å². The quantitative estimate of drug-likeness (QED) is 0.255. The van der Waals surface area contributed by atoms with E-state index < -0.39 is 61.5 Å². The first kappa shape index (κ1) is 24.7. The van der Waals surface area contributed by atoms with E-state index in [1.165, 1.54) is 29.1 Å². The number of aliphatic hydroxyl groups excluding tert-OH is 3. The van der Waals surface area contributed by atoms with Crippen molar-refractivity contribution in [1.82, 2.24) is 0 Å². The number of aromatic nitrogens is 1. The summed E-state index contributed by atoms with van der Waals surface area (Å²) in [7, 11) is 0. The number of pyridine rings is 1. The van der Waals surface area contributed by atoms with E-state index in [4.69, 9.17) is 19.9 Å². The smallest absolute Gasteiger partial charge is 0.335 e. The first-order valence-electron chi connectivity index (χ1n) is 10.0. The third kappa shape index (κ3) is 6.44. The summed E-state index contributed by atoms with van der Waals surface area (Å²) in [4.78, 5) is 35.1. The number of carbonyl (C=O) groups excluding carboxylic acids is 3. The van der Waals surface area contributed by atoms with Crippen LogP contribution in [0.15, 0.2) is 24.5 Å². The van der Waals surface area contributed by atoms with Gasteiger partial charge in [-0.3, -0.25) is 9.59 Å². The molecular weight excluding hydrogens is 412 g/mol. The average Bonchev–Trinajstić information content (AvgIpc) is 3.04. The standard InChI is InChI=1S/C20H28N2O9/c1-3-12(4-2)30-15(24)8-13(23)20(28)29-10-14-16(25)17(26)19(31-14)22-7-5-6-11(9-22)18(21)27/h5-7,9,12-14,16-17,19,23,25-26H,3-4,8,10H2,1-2H3,(H-,21,27)/p+1/t13-,14+,16+,17+,19+/m0/s1. The van der Waals surface area contributed by atoms with E-state index in [2.05, 4.69) is 0 Å². The van der Waals surface area contributed by atoms with Crippen molar-refractivity contribution < 1.29 is 48.5 Å². The lowest BCUT2D eigenvalue weighted by Gasteiger charge is -2.17. The minimum atomic E-state index is -1.73. The maximum atomic E-state index is 12.0. The SMILES string of the molecule is CCC(CC)OC(=O)C[C@H](O)C(=O)OC[C@H]1O[C@@H]([n+]2cccc(C(N)=O)c2)[C@H](O)[C@@H]1O. The summed E-state index contributed by atoms with van der Waals surface area (Å²) in [6.45, 7) is 3.23. The predicted octanol–water partition coefficient (Wildman–Crippen LogP) is -1.28. The van der Waals surface area contributed by atoms with Gasteiger partial charge in [-0.1, -0.05) is 13.8 Å². The van der Waals surface area contributed by atoms with E-state index in [0.29, 0.717) is 12.8 Å². The Bertz CT molecular complexity index is 784. The molecule has 11 heteroatoms. The largest absolute Gasteiger partial charge is 0.462 e. The number of ether oxygens (including phenoxy) is 3. The highest BCUT2D eigenvalue weighted by molar-refractivity contribution is 5.92. The Morgan fingerprint density at radius 3 is 2.52 bits per heavy atom. The average molecular weight is 441 g/mol. The van der Waals surface area contributed by atoms with Gasteiger partial charge in [0, 0.05) is 6.07 Å². The molecule has 172 valence electrons. The number of hydrogen-bond donors (Lipinski definition) is 4. The molecule has 5 atom stereocenters. The predicted molar refractivity (Wildman–Crippen MR) is 103 cm³/mol. The lowest BCUT2D eigenvalue weighted by atomic mass is 10.1. The third-order valence-electron chi connectivity index (χ3n) is 4.97. The van der Waals surface area contributed by atoms with Crippen LogP contribution in [0.4, 0.5) is 0 Å². The minimum absolute atomic E-state index is 0.172. The zero-order valence-corrected chi connectivity index (χ0v) is 17.4. The van der Waals surface area contributed by atoms with Crippen molar-refractivity contribution >= 4 is 17.8 Å². The molecule has 11 nitrogen and oxygen atoms in total. The molecule has 2 rings (SSSR count). The molecule has 1 aliphatic heterocycles. The summed E-state index contributed by atoms with van der Waals surface area (Å²) in [5.41, 5.74) is 5.41. The zero-order chi connectivity index (χ0) is 23.1. The normalized spacial score (nSPS) is 24.1. The molecule has 5 N–H and O–H groups in total. The van der Waals surface area contributed by atoms with Crippen molar-refractivity contribution in [3.63, 3.8) is 0 Å². The van der Waals surface area contributed by atoms with Crippen molar-refractivity contribution in [3.8, 4) is 0 Å². The zero-order valence-electron chi connectivity index (χ0n) is 17.4. The fraction of sp³-hybridized carbons (Fsp3) is 0.600. The molecule has 0 aromatic carbocycles. The molecule has 31 heavy (non-hydrogen) atoms. The van der Waals surface area contributed by atoms with Gasteiger partial charge in [-0.2, -0.15) is 4.57 Å². The summed E-state index contributed by atoms with van der Waals surface area (Å²) in [5.74, 6) is -2.49. The highest BCUT2D eigenvalue weighted by Gasteiger charge is 2.49. The molecule has 1 aromatic heterocycles. The molecule has 1 fully saturated rings. The molecule has 0 radical (unpaired) electrons. The lowest BCUT2D eigenvalue weighted by molar-refractivity contribution is -0.765. The minimum Gasteiger partial charge on any atom is -0.462 e. The van der Waals surface area contributed by atoms with Crippen LogP contribution >= 0.6 is 0 Å². The number of aliphatic hydroxyl groups is 3. The van der Waals surface area contributed by atoms with Crippen molar-refractivity contribution in [1.29, 1.82) is 0 Å². The molecule has 0 bridgehead atoms. The molecule has 0 unspecified atom stereocenters. The molecule has 0 aliphatic carbocycles. The summed E-state index contributed by atoms with van der Waals surface area (Å²) in [6, 6.07) is 3.00. The number of nitrogens with zero attached hydrogens (tertiary/aromatic N) is 1. The maximum Gasteiger partial charge on any atom is 0.335 e. The van der Waals surface area contributed by atoms with Gasteiger partial charge in [0.05, 0.1) is 6.42 Å². The molecule has 1 saturated heterocycles. The van der Waals surface area contributed by atoms with Crippen molar-refractivity contribution in [3.05, 3.63) is 30.1 Å². The van der Waals surface area contributed by atoms with Crippen LogP contribution in [0.1, 0.15) is 49.7 Å². The molecule has 1 amide bonds.